The molecule has 35 heavy (non-hydrogen) atoms. The molecule has 0 saturated heterocycles. The highest BCUT2D eigenvalue weighted by Crippen LogP contribution is 2.22. The first-order valence-corrected chi connectivity index (χ1v) is 11.5. The Morgan fingerprint density at radius 2 is 1.60 bits per heavy atom. The number of hydrogen-bond acceptors (Lipinski definition) is 4. The van der Waals surface area contributed by atoms with Gasteiger partial charge in [0.2, 0.25) is 0 Å². The molecule has 0 spiro atoms. The summed E-state index contributed by atoms with van der Waals surface area (Å²) in [6, 6.07) is 26.1. The van der Waals surface area contributed by atoms with Crippen molar-refractivity contribution in [3.63, 3.8) is 0 Å². The molecule has 0 aliphatic carbocycles. The van der Waals surface area contributed by atoms with Crippen LogP contribution in [0.4, 0.5) is 0 Å². The molecule has 0 bridgehead atoms. The van der Waals surface area contributed by atoms with E-state index in [0.29, 0.717) is 31.0 Å². The van der Waals surface area contributed by atoms with Crippen LogP contribution in [0.3, 0.4) is 0 Å². The number of carboxylic acids is 1. The highest BCUT2D eigenvalue weighted by Gasteiger charge is 2.16. The molecular formula is C29H27NO5. The standard InChI is InChI=1S/C29H27NO5/c1-2-30(29(33)23-13-11-22(12-14-23)27-8-5-17-34-27)19-24-6-3-4-7-25(24)20-35-26-15-9-21(10-16-26)18-28(31)32/h3-17H,2,18-20H2,1H3,(H,31,32). The Hall–Kier alpha value is -4.32. The second kappa shape index (κ2) is 11.2. The van der Waals surface area contributed by atoms with E-state index >= 15 is 0 Å². The second-order valence-corrected chi connectivity index (χ2v) is 8.15. The summed E-state index contributed by atoms with van der Waals surface area (Å²) in [5.74, 6) is 0.523. The van der Waals surface area contributed by atoms with Gasteiger partial charge in [0.1, 0.15) is 18.1 Å². The number of benzene rings is 3. The highest BCUT2D eigenvalue weighted by atomic mass is 16.5. The summed E-state index contributed by atoms with van der Waals surface area (Å²) in [5, 5.41) is 8.91. The summed E-state index contributed by atoms with van der Waals surface area (Å²) >= 11 is 0. The molecule has 178 valence electrons. The molecule has 4 rings (SSSR count). The summed E-state index contributed by atoms with van der Waals surface area (Å²) in [6.45, 7) is 3.34. The monoisotopic (exact) mass is 469 g/mol. The van der Waals surface area contributed by atoms with E-state index in [0.717, 1.165) is 28.0 Å². The van der Waals surface area contributed by atoms with E-state index in [2.05, 4.69) is 0 Å². The number of aliphatic carboxylic acids is 1. The van der Waals surface area contributed by atoms with Crippen LogP contribution in [-0.2, 0) is 24.4 Å². The smallest absolute Gasteiger partial charge is 0.307 e. The largest absolute Gasteiger partial charge is 0.489 e. The van der Waals surface area contributed by atoms with E-state index in [4.69, 9.17) is 14.3 Å². The van der Waals surface area contributed by atoms with Gasteiger partial charge in [0.15, 0.2) is 0 Å². The van der Waals surface area contributed by atoms with Gasteiger partial charge in [-0.15, -0.1) is 0 Å². The molecule has 1 amide bonds. The first-order chi connectivity index (χ1) is 17.0. The summed E-state index contributed by atoms with van der Waals surface area (Å²) in [4.78, 5) is 25.9. The van der Waals surface area contributed by atoms with Crippen LogP contribution in [0.1, 0.15) is 34.0 Å². The molecule has 1 aromatic heterocycles. The maximum Gasteiger partial charge on any atom is 0.307 e. The van der Waals surface area contributed by atoms with E-state index in [1.54, 1.807) is 35.4 Å². The average Bonchev–Trinajstić information content (AvgIpc) is 3.42. The fourth-order valence-electron chi connectivity index (χ4n) is 3.83. The lowest BCUT2D eigenvalue weighted by atomic mass is 10.1. The van der Waals surface area contributed by atoms with E-state index in [1.165, 1.54) is 0 Å². The van der Waals surface area contributed by atoms with Gasteiger partial charge >= 0.3 is 5.97 Å². The maximum absolute atomic E-state index is 13.2. The van der Waals surface area contributed by atoms with Gasteiger partial charge in [0.05, 0.1) is 12.7 Å². The van der Waals surface area contributed by atoms with E-state index in [-0.39, 0.29) is 12.3 Å². The van der Waals surface area contributed by atoms with Crippen molar-refractivity contribution in [3.05, 3.63) is 113 Å². The Bertz CT molecular complexity index is 1260. The molecule has 0 atom stereocenters. The zero-order valence-electron chi connectivity index (χ0n) is 19.5. The van der Waals surface area contributed by atoms with Crippen molar-refractivity contribution in [3.8, 4) is 17.1 Å². The first-order valence-electron chi connectivity index (χ1n) is 11.5. The van der Waals surface area contributed by atoms with Gasteiger partial charge in [-0.25, -0.2) is 0 Å². The number of carboxylic acid groups (broad SMARTS) is 1. The zero-order valence-corrected chi connectivity index (χ0v) is 19.5. The fraction of sp³-hybridized carbons (Fsp3) is 0.172. The highest BCUT2D eigenvalue weighted by molar-refractivity contribution is 5.94. The Balaban J connectivity index is 1.42. The molecule has 0 aliphatic heterocycles. The minimum atomic E-state index is -0.865. The van der Waals surface area contributed by atoms with Gasteiger partial charge in [-0.05, 0) is 60.0 Å². The minimum Gasteiger partial charge on any atom is -0.489 e. The van der Waals surface area contributed by atoms with Crippen LogP contribution in [0.5, 0.6) is 5.75 Å². The predicted octanol–water partition coefficient (Wildman–Crippen LogP) is 5.82. The molecular weight excluding hydrogens is 442 g/mol. The number of amides is 1. The molecule has 0 aliphatic rings. The van der Waals surface area contributed by atoms with Gasteiger partial charge in [-0.1, -0.05) is 48.5 Å². The van der Waals surface area contributed by atoms with Crippen molar-refractivity contribution >= 4 is 11.9 Å². The third kappa shape index (κ3) is 6.18. The van der Waals surface area contributed by atoms with E-state index < -0.39 is 5.97 Å². The third-order valence-electron chi connectivity index (χ3n) is 5.76. The molecule has 0 unspecified atom stereocenters. The van der Waals surface area contributed by atoms with Crippen LogP contribution in [-0.4, -0.2) is 28.4 Å². The lowest BCUT2D eigenvalue weighted by Gasteiger charge is -2.23. The molecule has 4 aromatic rings. The van der Waals surface area contributed by atoms with Crippen LogP contribution in [0.15, 0.2) is 95.6 Å². The Morgan fingerprint density at radius 1 is 0.886 bits per heavy atom. The summed E-state index contributed by atoms with van der Waals surface area (Å²) < 4.78 is 11.4. The summed E-state index contributed by atoms with van der Waals surface area (Å²) in [7, 11) is 0. The maximum atomic E-state index is 13.2. The van der Waals surface area contributed by atoms with Crippen LogP contribution in [0.2, 0.25) is 0 Å². The quantitative estimate of drug-likeness (QED) is 0.317. The lowest BCUT2D eigenvalue weighted by Crippen LogP contribution is -2.30. The van der Waals surface area contributed by atoms with Crippen molar-refractivity contribution < 1.29 is 23.8 Å². The lowest BCUT2D eigenvalue weighted by molar-refractivity contribution is -0.136. The third-order valence-corrected chi connectivity index (χ3v) is 5.76. The SMILES string of the molecule is CCN(Cc1ccccc1COc1ccc(CC(=O)O)cc1)C(=O)c1ccc(-c2ccco2)cc1. The molecule has 1 N–H and O–H groups in total. The van der Waals surface area contributed by atoms with Gasteiger partial charge in [-0.2, -0.15) is 0 Å². The van der Waals surface area contributed by atoms with Crippen LogP contribution < -0.4 is 4.74 Å². The second-order valence-electron chi connectivity index (χ2n) is 8.15. The molecule has 6 nitrogen and oxygen atoms in total. The van der Waals surface area contributed by atoms with Crippen LogP contribution in [0.25, 0.3) is 11.3 Å². The normalized spacial score (nSPS) is 10.7. The molecule has 0 radical (unpaired) electrons. The predicted molar refractivity (Wildman–Crippen MR) is 133 cm³/mol. The van der Waals surface area contributed by atoms with E-state index in [9.17, 15) is 9.59 Å². The Labute approximate surface area is 204 Å². The van der Waals surface area contributed by atoms with Gasteiger partial charge in [0, 0.05) is 24.2 Å². The molecule has 0 fully saturated rings. The summed E-state index contributed by atoms with van der Waals surface area (Å²) in [6.07, 6.45) is 1.61. The van der Waals surface area contributed by atoms with Crippen molar-refractivity contribution in [2.24, 2.45) is 0 Å². The first kappa shape index (κ1) is 23.8. The summed E-state index contributed by atoms with van der Waals surface area (Å²) in [5.41, 5.74) is 4.27. The van der Waals surface area contributed by atoms with Gasteiger partial charge in [-0.3, -0.25) is 9.59 Å². The number of carbonyl (C=O) groups excluding carboxylic acids is 1. The van der Waals surface area contributed by atoms with Gasteiger partial charge in [0.25, 0.3) is 5.91 Å². The zero-order chi connectivity index (χ0) is 24.6. The fourth-order valence-corrected chi connectivity index (χ4v) is 3.83. The number of rotatable bonds is 10. The number of carbonyl (C=O) groups is 2. The topological polar surface area (TPSA) is 80.0 Å². The van der Waals surface area contributed by atoms with Crippen molar-refractivity contribution in [2.45, 2.75) is 26.5 Å². The number of hydrogen-bond donors (Lipinski definition) is 1. The molecule has 1 heterocycles. The average molecular weight is 470 g/mol. The van der Waals surface area contributed by atoms with Crippen LogP contribution in [0, 0.1) is 0 Å². The molecule has 0 saturated carbocycles. The number of furan rings is 1. The molecule has 6 heteroatoms. The van der Waals surface area contributed by atoms with E-state index in [1.807, 2.05) is 67.6 Å². The van der Waals surface area contributed by atoms with Gasteiger partial charge < -0.3 is 19.2 Å². The van der Waals surface area contributed by atoms with Crippen molar-refractivity contribution in [1.82, 2.24) is 4.90 Å². The van der Waals surface area contributed by atoms with Crippen molar-refractivity contribution in [1.29, 1.82) is 0 Å². The number of nitrogens with zero attached hydrogens (tertiary/aromatic N) is 1. The van der Waals surface area contributed by atoms with Crippen molar-refractivity contribution in [2.75, 3.05) is 6.54 Å². The minimum absolute atomic E-state index is 0.0183. The van der Waals surface area contributed by atoms with Crippen LogP contribution >= 0.6 is 0 Å². The number of ether oxygens (including phenoxy) is 1. The Kier molecular flexibility index (Phi) is 7.63. The Morgan fingerprint density at radius 3 is 2.23 bits per heavy atom. The molecule has 3 aromatic carbocycles.